The third-order valence-corrected chi connectivity index (χ3v) is 6.25. The Morgan fingerprint density at radius 3 is 2.69 bits per heavy atom. The molecular weight excluding hydrogens is 600 g/mol. The molecule has 0 unspecified atom stereocenters. The fourth-order valence-corrected chi connectivity index (χ4v) is 4.66. The molecule has 0 spiro atoms. The Morgan fingerprint density at radius 1 is 1.17 bits per heavy atom. The van der Waals surface area contributed by atoms with Gasteiger partial charge in [0.1, 0.15) is 11.6 Å². The summed E-state index contributed by atoms with van der Waals surface area (Å²) in [4.78, 5) is 30.1. The summed E-state index contributed by atoms with van der Waals surface area (Å²) in [6.45, 7) is 1.66. The second-order valence-electron chi connectivity index (χ2n) is 7.41. The van der Waals surface area contributed by atoms with E-state index >= 15 is 0 Å². The SMILES string of the molecule is CCc1nc2ccc(Br)cc2c(=O)n1N=Cc1cc(Cl)cc(Br)c1OCC(=O)Nc1ccccc1. The van der Waals surface area contributed by atoms with Gasteiger partial charge in [0.15, 0.2) is 6.61 Å². The Labute approximate surface area is 223 Å². The van der Waals surface area contributed by atoms with E-state index in [2.05, 4.69) is 47.3 Å². The minimum atomic E-state index is -0.324. The van der Waals surface area contributed by atoms with Crippen LogP contribution >= 0.6 is 43.5 Å². The number of hydrogen-bond acceptors (Lipinski definition) is 5. The molecule has 4 aromatic rings. The Bertz CT molecular complexity index is 1490. The number of aromatic nitrogens is 2. The highest BCUT2D eigenvalue weighted by Crippen LogP contribution is 2.32. The maximum Gasteiger partial charge on any atom is 0.282 e. The van der Waals surface area contributed by atoms with Crippen molar-refractivity contribution in [1.29, 1.82) is 0 Å². The maximum atomic E-state index is 13.2. The number of anilines is 1. The maximum absolute atomic E-state index is 13.2. The first-order valence-corrected chi connectivity index (χ1v) is 12.5. The highest BCUT2D eigenvalue weighted by molar-refractivity contribution is 9.10. The number of aryl methyl sites for hydroxylation is 1. The number of hydrogen-bond donors (Lipinski definition) is 1. The van der Waals surface area contributed by atoms with Gasteiger partial charge in [-0.1, -0.05) is 52.7 Å². The van der Waals surface area contributed by atoms with E-state index in [0.29, 0.717) is 49.6 Å². The highest BCUT2D eigenvalue weighted by atomic mass is 79.9. The van der Waals surface area contributed by atoms with Crippen LogP contribution in [0.2, 0.25) is 5.02 Å². The van der Waals surface area contributed by atoms with E-state index in [0.717, 1.165) is 4.47 Å². The van der Waals surface area contributed by atoms with Gasteiger partial charge in [-0.25, -0.2) is 4.98 Å². The zero-order chi connectivity index (χ0) is 24.9. The van der Waals surface area contributed by atoms with E-state index in [9.17, 15) is 9.59 Å². The molecule has 0 aliphatic rings. The number of ether oxygens (including phenoxy) is 1. The molecule has 0 aliphatic carbocycles. The van der Waals surface area contributed by atoms with Gasteiger partial charge in [0, 0.05) is 27.2 Å². The first-order chi connectivity index (χ1) is 16.9. The number of carbonyl (C=O) groups is 1. The van der Waals surface area contributed by atoms with Crippen molar-refractivity contribution in [1.82, 2.24) is 9.66 Å². The average molecular weight is 619 g/mol. The lowest BCUT2D eigenvalue weighted by Gasteiger charge is -2.12. The van der Waals surface area contributed by atoms with Crippen LogP contribution < -0.4 is 15.6 Å². The summed E-state index contributed by atoms with van der Waals surface area (Å²) in [5.41, 5.74) is 1.45. The van der Waals surface area contributed by atoms with Gasteiger partial charge in [0.05, 0.1) is 21.6 Å². The van der Waals surface area contributed by atoms with Crippen molar-refractivity contribution < 1.29 is 9.53 Å². The molecule has 178 valence electrons. The monoisotopic (exact) mass is 616 g/mol. The minimum absolute atomic E-state index is 0.234. The van der Waals surface area contributed by atoms with Crippen LogP contribution in [0.15, 0.2) is 79.5 Å². The van der Waals surface area contributed by atoms with Crippen LogP contribution in [0, 0.1) is 0 Å². The fourth-order valence-electron chi connectivity index (χ4n) is 3.35. The largest absolute Gasteiger partial charge is 0.482 e. The van der Waals surface area contributed by atoms with Gasteiger partial charge in [-0.15, -0.1) is 0 Å². The molecule has 1 amide bonds. The number of benzene rings is 3. The number of carbonyl (C=O) groups excluding carboxylic acids is 1. The predicted octanol–water partition coefficient (Wildman–Crippen LogP) is 6.04. The Balaban J connectivity index is 1.65. The number of rotatable bonds is 7. The zero-order valence-electron chi connectivity index (χ0n) is 18.5. The second kappa shape index (κ2) is 11.2. The number of halogens is 3. The van der Waals surface area contributed by atoms with Crippen LogP contribution in [0.4, 0.5) is 5.69 Å². The summed E-state index contributed by atoms with van der Waals surface area (Å²) in [5.74, 6) is 0.547. The number of nitrogens with one attached hydrogen (secondary N) is 1. The highest BCUT2D eigenvalue weighted by Gasteiger charge is 2.14. The van der Waals surface area contributed by atoms with Crippen molar-refractivity contribution in [2.24, 2.45) is 5.10 Å². The molecule has 0 fully saturated rings. The van der Waals surface area contributed by atoms with Crippen LogP contribution in [0.3, 0.4) is 0 Å². The molecule has 7 nitrogen and oxygen atoms in total. The van der Waals surface area contributed by atoms with Crippen LogP contribution in [0.5, 0.6) is 5.75 Å². The van der Waals surface area contributed by atoms with Crippen molar-refractivity contribution in [2.75, 3.05) is 11.9 Å². The molecule has 0 radical (unpaired) electrons. The molecule has 1 N–H and O–H groups in total. The van der Waals surface area contributed by atoms with E-state index < -0.39 is 0 Å². The van der Waals surface area contributed by atoms with E-state index in [1.54, 1.807) is 36.4 Å². The normalized spacial score (nSPS) is 11.2. The summed E-state index contributed by atoms with van der Waals surface area (Å²) < 4.78 is 8.37. The average Bonchev–Trinajstić information content (AvgIpc) is 2.83. The third kappa shape index (κ3) is 5.98. The van der Waals surface area contributed by atoms with Gasteiger partial charge < -0.3 is 10.1 Å². The molecule has 0 saturated heterocycles. The van der Waals surface area contributed by atoms with E-state index in [4.69, 9.17) is 16.3 Å². The molecule has 0 aliphatic heterocycles. The van der Waals surface area contributed by atoms with Crippen molar-refractivity contribution in [2.45, 2.75) is 13.3 Å². The summed E-state index contributed by atoms with van der Waals surface area (Å²) in [5, 5.41) is 8.05. The van der Waals surface area contributed by atoms with Crippen molar-refractivity contribution in [3.63, 3.8) is 0 Å². The van der Waals surface area contributed by atoms with Gasteiger partial charge >= 0.3 is 0 Å². The quantitative estimate of drug-likeness (QED) is 0.256. The Kier molecular flexibility index (Phi) is 8.00. The lowest BCUT2D eigenvalue weighted by molar-refractivity contribution is -0.118. The molecule has 0 atom stereocenters. The van der Waals surface area contributed by atoms with Crippen LogP contribution in [0.25, 0.3) is 10.9 Å². The zero-order valence-corrected chi connectivity index (χ0v) is 22.4. The number of para-hydroxylation sites is 1. The molecule has 1 heterocycles. The van der Waals surface area contributed by atoms with Gasteiger partial charge in [0.2, 0.25) is 0 Å². The molecule has 3 aromatic carbocycles. The van der Waals surface area contributed by atoms with Gasteiger partial charge in [-0.2, -0.15) is 9.78 Å². The molecular formula is C25H19Br2ClN4O3. The van der Waals surface area contributed by atoms with Gasteiger partial charge in [0.25, 0.3) is 11.5 Å². The predicted molar refractivity (Wildman–Crippen MR) is 146 cm³/mol. The van der Waals surface area contributed by atoms with Gasteiger partial charge in [-0.3, -0.25) is 9.59 Å². The molecule has 4 rings (SSSR count). The van der Waals surface area contributed by atoms with Crippen molar-refractivity contribution >= 4 is 72.2 Å². The molecule has 1 aromatic heterocycles. The van der Waals surface area contributed by atoms with E-state index in [-0.39, 0.29) is 18.1 Å². The van der Waals surface area contributed by atoms with Crippen LogP contribution in [-0.4, -0.2) is 28.4 Å². The lowest BCUT2D eigenvalue weighted by Crippen LogP contribution is -2.22. The first-order valence-electron chi connectivity index (χ1n) is 10.6. The first kappa shape index (κ1) is 25.1. The van der Waals surface area contributed by atoms with Gasteiger partial charge in [-0.05, 0) is 58.4 Å². The summed E-state index contributed by atoms with van der Waals surface area (Å²) >= 11 is 13.1. The van der Waals surface area contributed by atoms with Crippen LogP contribution in [-0.2, 0) is 11.2 Å². The lowest BCUT2D eigenvalue weighted by atomic mass is 10.2. The Hall–Kier alpha value is -3.01. The van der Waals surface area contributed by atoms with Crippen molar-refractivity contribution in [3.05, 3.63) is 96.4 Å². The molecule has 35 heavy (non-hydrogen) atoms. The molecule has 10 heteroatoms. The molecule has 0 bridgehead atoms. The van der Waals surface area contributed by atoms with E-state index in [1.807, 2.05) is 31.2 Å². The smallest absolute Gasteiger partial charge is 0.282 e. The Morgan fingerprint density at radius 2 is 1.94 bits per heavy atom. The summed E-state index contributed by atoms with van der Waals surface area (Å²) in [6.07, 6.45) is 1.97. The topological polar surface area (TPSA) is 85.6 Å². The molecule has 0 saturated carbocycles. The van der Waals surface area contributed by atoms with Crippen molar-refractivity contribution in [3.8, 4) is 5.75 Å². The number of amides is 1. The van der Waals surface area contributed by atoms with E-state index in [1.165, 1.54) is 10.9 Å². The van der Waals surface area contributed by atoms with Crippen LogP contribution in [0.1, 0.15) is 18.3 Å². The number of fused-ring (bicyclic) bond motifs is 1. The standard InChI is InChI=1S/C25H19Br2ClN4O3/c1-2-22-31-21-9-8-16(26)11-19(21)25(34)32(22)29-13-15-10-17(28)12-20(27)24(15)35-14-23(33)30-18-6-4-3-5-7-18/h3-13H,2,14H2,1H3,(H,30,33). The third-order valence-electron chi connectivity index (χ3n) is 4.95. The minimum Gasteiger partial charge on any atom is -0.482 e. The fraction of sp³-hybridized carbons (Fsp3) is 0.120. The summed E-state index contributed by atoms with van der Waals surface area (Å²) in [6, 6.07) is 17.7. The number of nitrogens with zero attached hydrogens (tertiary/aromatic N) is 3. The second-order valence-corrected chi connectivity index (χ2v) is 9.62. The summed E-state index contributed by atoms with van der Waals surface area (Å²) in [7, 11) is 0.